The van der Waals surface area contributed by atoms with E-state index in [0.717, 1.165) is 12.8 Å². The molecule has 0 aromatic rings. The maximum atomic E-state index is 11.0. The predicted molar refractivity (Wildman–Crippen MR) is 71.6 cm³/mol. The van der Waals surface area contributed by atoms with Gasteiger partial charge in [0.2, 0.25) is 0 Å². The van der Waals surface area contributed by atoms with Crippen LogP contribution in [0.2, 0.25) is 0 Å². The van der Waals surface area contributed by atoms with Crippen molar-refractivity contribution < 1.29 is 20.1 Å². The van der Waals surface area contributed by atoms with Crippen LogP contribution in [0, 0.1) is 17.3 Å². The lowest BCUT2D eigenvalue weighted by atomic mass is 9.52. The van der Waals surface area contributed by atoms with Gasteiger partial charge in [-0.3, -0.25) is 0 Å². The molecule has 2 aliphatic carbocycles. The topological polar surface area (TPSA) is 77.8 Å². The zero-order valence-electron chi connectivity index (χ0n) is 11.7. The fourth-order valence-electron chi connectivity index (χ4n) is 4.33. The lowest BCUT2D eigenvalue weighted by Gasteiger charge is -2.55. The molecule has 0 aromatic heterocycles. The van der Waals surface area contributed by atoms with Crippen LogP contribution in [0.1, 0.15) is 46.0 Å². The second-order valence-electron chi connectivity index (χ2n) is 6.93. The minimum Gasteiger partial charge on any atom is -0.478 e. The van der Waals surface area contributed by atoms with E-state index in [-0.39, 0.29) is 22.8 Å². The van der Waals surface area contributed by atoms with Crippen molar-refractivity contribution in [3.05, 3.63) is 12.2 Å². The first kappa shape index (κ1) is 14.5. The number of carboxylic acids is 1. The van der Waals surface area contributed by atoms with Crippen LogP contribution in [-0.4, -0.2) is 33.0 Å². The first-order chi connectivity index (χ1) is 8.66. The van der Waals surface area contributed by atoms with Gasteiger partial charge in [-0.25, -0.2) is 4.79 Å². The average Bonchev–Trinajstić information content (AvgIpc) is 2.25. The average molecular weight is 268 g/mol. The molecule has 0 heterocycles. The van der Waals surface area contributed by atoms with Crippen molar-refractivity contribution in [2.75, 3.05) is 0 Å². The first-order valence-electron chi connectivity index (χ1n) is 6.98. The summed E-state index contributed by atoms with van der Waals surface area (Å²) in [6.45, 7) is 7.54. The Hall–Kier alpha value is -0.870. The number of aliphatic carboxylic acids is 1. The number of carboxylic acid groups (broad SMARTS) is 1. The van der Waals surface area contributed by atoms with E-state index in [2.05, 4.69) is 13.5 Å². The summed E-state index contributed by atoms with van der Waals surface area (Å²) in [5, 5.41) is 29.6. The molecular weight excluding hydrogens is 244 g/mol. The minimum atomic E-state index is -0.941. The molecule has 4 heteroatoms. The zero-order valence-corrected chi connectivity index (χ0v) is 11.7. The summed E-state index contributed by atoms with van der Waals surface area (Å²) < 4.78 is 0. The Kier molecular flexibility index (Phi) is 3.52. The smallest absolute Gasteiger partial charge is 0.331 e. The second kappa shape index (κ2) is 4.60. The number of aliphatic hydroxyl groups excluding tert-OH is 1. The first-order valence-corrected chi connectivity index (χ1v) is 6.98. The van der Waals surface area contributed by atoms with Crippen molar-refractivity contribution in [3.8, 4) is 0 Å². The van der Waals surface area contributed by atoms with Crippen LogP contribution in [0.5, 0.6) is 0 Å². The molecule has 2 fully saturated rings. The quantitative estimate of drug-likeness (QED) is 0.669. The Balaban J connectivity index is 2.22. The number of fused-ring (bicyclic) bond motifs is 1. The molecule has 0 aromatic carbocycles. The van der Waals surface area contributed by atoms with Gasteiger partial charge in [-0.05, 0) is 49.9 Å². The van der Waals surface area contributed by atoms with Crippen LogP contribution < -0.4 is 0 Å². The number of hydrogen-bond acceptors (Lipinski definition) is 3. The predicted octanol–water partition coefficient (Wildman–Crippen LogP) is 1.96. The molecule has 5 atom stereocenters. The van der Waals surface area contributed by atoms with Crippen LogP contribution in [0.3, 0.4) is 0 Å². The lowest BCUT2D eigenvalue weighted by molar-refractivity contribution is -0.157. The maximum Gasteiger partial charge on any atom is 0.331 e. The molecule has 108 valence electrons. The summed E-state index contributed by atoms with van der Waals surface area (Å²) in [5.74, 6) is -0.973. The second-order valence-corrected chi connectivity index (χ2v) is 6.93. The molecule has 19 heavy (non-hydrogen) atoms. The minimum absolute atomic E-state index is 0.0262. The molecule has 0 spiro atoms. The Morgan fingerprint density at radius 3 is 2.53 bits per heavy atom. The third-order valence-electron chi connectivity index (χ3n) is 5.29. The lowest BCUT2D eigenvalue weighted by Crippen LogP contribution is -2.55. The van der Waals surface area contributed by atoms with Gasteiger partial charge in [0.05, 0.1) is 11.7 Å². The summed E-state index contributed by atoms with van der Waals surface area (Å²) in [4.78, 5) is 11.0. The molecule has 0 bridgehead atoms. The normalized spacial score (nSPS) is 46.4. The van der Waals surface area contributed by atoms with Gasteiger partial charge in [0.25, 0.3) is 0 Å². The van der Waals surface area contributed by atoms with Gasteiger partial charge in [-0.2, -0.15) is 0 Å². The SMILES string of the molecule is C=C(C(=O)O)[C@@H]1CC[C@@]2(C)C[C@H](O)C[C@@](C)(O)[C@@H]2C1. The molecule has 2 aliphatic rings. The van der Waals surface area contributed by atoms with Gasteiger partial charge in [0.1, 0.15) is 0 Å². The fourth-order valence-corrected chi connectivity index (χ4v) is 4.33. The van der Waals surface area contributed by atoms with Crippen molar-refractivity contribution in [3.63, 3.8) is 0 Å². The maximum absolute atomic E-state index is 11.0. The van der Waals surface area contributed by atoms with Gasteiger partial charge >= 0.3 is 5.97 Å². The van der Waals surface area contributed by atoms with E-state index in [1.165, 1.54) is 0 Å². The molecule has 2 saturated carbocycles. The molecule has 0 amide bonds. The van der Waals surface area contributed by atoms with Crippen molar-refractivity contribution in [1.82, 2.24) is 0 Å². The molecule has 2 rings (SSSR count). The molecule has 4 nitrogen and oxygen atoms in total. The van der Waals surface area contributed by atoms with E-state index < -0.39 is 17.7 Å². The highest BCUT2D eigenvalue weighted by atomic mass is 16.4. The Bertz CT molecular complexity index is 401. The molecular formula is C15H24O4. The third-order valence-corrected chi connectivity index (χ3v) is 5.29. The highest BCUT2D eigenvalue weighted by Gasteiger charge is 2.53. The number of hydrogen-bond donors (Lipinski definition) is 3. The summed E-state index contributed by atoms with van der Waals surface area (Å²) >= 11 is 0. The molecule has 0 radical (unpaired) electrons. The number of aliphatic hydroxyl groups is 2. The van der Waals surface area contributed by atoms with E-state index in [1.807, 2.05) is 0 Å². The van der Waals surface area contributed by atoms with Crippen molar-refractivity contribution >= 4 is 5.97 Å². The van der Waals surface area contributed by atoms with E-state index in [4.69, 9.17) is 5.11 Å². The summed E-state index contributed by atoms with van der Waals surface area (Å²) in [5.41, 5.74) is -0.774. The highest BCUT2D eigenvalue weighted by Crippen LogP contribution is 2.56. The molecule has 0 saturated heterocycles. The number of carbonyl (C=O) groups is 1. The molecule has 0 aliphatic heterocycles. The van der Waals surface area contributed by atoms with Crippen LogP contribution in [0.15, 0.2) is 12.2 Å². The van der Waals surface area contributed by atoms with Crippen LogP contribution in [0.25, 0.3) is 0 Å². The van der Waals surface area contributed by atoms with E-state index in [1.54, 1.807) is 6.92 Å². The van der Waals surface area contributed by atoms with Crippen molar-refractivity contribution in [2.24, 2.45) is 17.3 Å². The van der Waals surface area contributed by atoms with Crippen molar-refractivity contribution in [2.45, 2.75) is 57.7 Å². The largest absolute Gasteiger partial charge is 0.478 e. The van der Waals surface area contributed by atoms with Gasteiger partial charge in [0.15, 0.2) is 0 Å². The van der Waals surface area contributed by atoms with Gasteiger partial charge in [-0.1, -0.05) is 13.5 Å². The zero-order chi connectivity index (χ0) is 14.4. The van der Waals surface area contributed by atoms with Crippen LogP contribution >= 0.6 is 0 Å². The van der Waals surface area contributed by atoms with Gasteiger partial charge in [-0.15, -0.1) is 0 Å². The van der Waals surface area contributed by atoms with E-state index in [9.17, 15) is 15.0 Å². The summed E-state index contributed by atoms with van der Waals surface area (Å²) in [6, 6.07) is 0. The van der Waals surface area contributed by atoms with Crippen LogP contribution in [0.4, 0.5) is 0 Å². The van der Waals surface area contributed by atoms with Gasteiger partial charge < -0.3 is 15.3 Å². The summed E-state index contributed by atoms with van der Waals surface area (Å²) in [7, 11) is 0. The highest BCUT2D eigenvalue weighted by molar-refractivity contribution is 5.86. The Morgan fingerprint density at radius 1 is 1.32 bits per heavy atom. The summed E-state index contributed by atoms with van der Waals surface area (Å²) in [6.07, 6.45) is 2.87. The van der Waals surface area contributed by atoms with Crippen molar-refractivity contribution in [1.29, 1.82) is 0 Å². The Morgan fingerprint density at radius 2 is 1.95 bits per heavy atom. The monoisotopic (exact) mass is 268 g/mol. The Labute approximate surface area is 114 Å². The molecule has 0 unspecified atom stereocenters. The third kappa shape index (κ3) is 2.56. The van der Waals surface area contributed by atoms with Gasteiger partial charge in [0, 0.05) is 12.0 Å². The number of rotatable bonds is 2. The van der Waals surface area contributed by atoms with Crippen LogP contribution in [-0.2, 0) is 4.79 Å². The standard InChI is InChI=1S/C15H24O4/c1-9(13(17)18)10-4-5-14(2)7-11(16)8-15(3,19)12(14)6-10/h10-12,16,19H,1,4-8H2,2-3H3,(H,17,18)/t10-,11+,12-,14+,15-/m1/s1. The fraction of sp³-hybridized carbons (Fsp3) is 0.800. The van der Waals surface area contributed by atoms with E-state index >= 15 is 0 Å². The van der Waals surface area contributed by atoms with E-state index in [0.29, 0.717) is 19.3 Å². The molecule has 3 N–H and O–H groups in total.